The molecule has 1 saturated heterocycles. The Morgan fingerprint density at radius 1 is 1.08 bits per heavy atom. The third kappa shape index (κ3) is 6.30. The first-order chi connectivity index (χ1) is 22.7. The van der Waals surface area contributed by atoms with Crippen molar-refractivity contribution in [1.82, 2.24) is 5.43 Å². The second kappa shape index (κ2) is 13.5. The fraction of sp³-hybridized carbons (Fsp3) is 0.371. The van der Waals surface area contributed by atoms with Crippen LogP contribution in [0.3, 0.4) is 0 Å². The average Bonchev–Trinajstić information content (AvgIpc) is 3.06. The topological polar surface area (TPSA) is 210 Å². The molecule has 1 aliphatic heterocycles. The molecule has 48 heavy (non-hydrogen) atoms. The number of phenolic OH excluding ortho intramolecular Hbond substituents is 2. The number of hydrogen-bond donors (Lipinski definition) is 6. The maximum atomic E-state index is 13.9. The number of nitrogens with two attached hydrogens (primary N) is 1. The first kappa shape index (κ1) is 34.7. The van der Waals surface area contributed by atoms with E-state index in [9.17, 15) is 34.8 Å². The van der Waals surface area contributed by atoms with Gasteiger partial charge in [0.1, 0.15) is 22.8 Å². The number of hydrazone groups is 1. The van der Waals surface area contributed by atoms with Gasteiger partial charge in [-0.25, -0.2) is 5.43 Å². The minimum absolute atomic E-state index is 0.0322. The molecule has 13 nitrogen and oxygen atoms in total. The van der Waals surface area contributed by atoms with Crippen molar-refractivity contribution in [2.75, 3.05) is 7.11 Å². The van der Waals surface area contributed by atoms with Crippen LogP contribution >= 0.6 is 0 Å². The second-order valence-electron chi connectivity index (χ2n) is 12.3. The SMILES string of the molecule is COc1cccc2c1C(=O)c1c(O)c(C(C)OC3CC(N)C(O)C(C)O3)c(CC(C)(O)/C(C)=N/NC(=O)c3ccccc3)c(O)c1C2=O. The van der Waals surface area contributed by atoms with Crippen molar-refractivity contribution in [2.24, 2.45) is 10.8 Å². The Kier molecular flexibility index (Phi) is 9.72. The van der Waals surface area contributed by atoms with Crippen LogP contribution in [-0.4, -0.2) is 80.9 Å². The largest absolute Gasteiger partial charge is 0.507 e. The highest BCUT2D eigenvalue weighted by molar-refractivity contribution is 6.31. The number of phenols is 2. The summed E-state index contributed by atoms with van der Waals surface area (Å²) in [5, 5.41) is 49.6. The molecule has 0 spiro atoms. The van der Waals surface area contributed by atoms with Gasteiger partial charge in [0.05, 0.1) is 47.8 Å². The lowest BCUT2D eigenvalue weighted by atomic mass is 9.77. The predicted molar refractivity (Wildman–Crippen MR) is 173 cm³/mol. The number of rotatable bonds is 9. The molecule has 1 amide bonds. The standard InChI is InChI=1S/C35H39N3O10/c1-16(47-24-14-22(36)29(39)17(2)48-24)25-21(15-35(4,45)18(3)37-38-34(44)19-10-7-6-8-11-19)31(41)27-28(32(25)42)33(43)26-20(30(27)40)12-9-13-23(26)46-5/h6-13,16-17,22,24,29,39,41-42,45H,14-15,36H2,1-5H3,(H,38,44)/b37-18+. The highest BCUT2D eigenvalue weighted by Crippen LogP contribution is 2.48. The Bertz CT molecular complexity index is 1780. The lowest BCUT2D eigenvalue weighted by Gasteiger charge is -2.37. The van der Waals surface area contributed by atoms with E-state index in [0.717, 1.165) is 0 Å². The Morgan fingerprint density at radius 3 is 2.40 bits per heavy atom. The van der Waals surface area contributed by atoms with E-state index in [-0.39, 0.29) is 40.1 Å². The van der Waals surface area contributed by atoms with Gasteiger partial charge in [0.15, 0.2) is 12.1 Å². The van der Waals surface area contributed by atoms with Crippen molar-refractivity contribution in [2.45, 2.75) is 76.8 Å². The van der Waals surface area contributed by atoms with Crippen molar-refractivity contribution in [3.63, 3.8) is 0 Å². The van der Waals surface area contributed by atoms with Crippen LogP contribution in [0.25, 0.3) is 0 Å². The molecule has 1 heterocycles. The van der Waals surface area contributed by atoms with E-state index in [4.69, 9.17) is 19.9 Å². The number of aromatic hydroxyl groups is 2. The van der Waals surface area contributed by atoms with Gasteiger partial charge >= 0.3 is 0 Å². The smallest absolute Gasteiger partial charge is 0.271 e. The molecule has 6 atom stereocenters. The number of ketones is 2. The van der Waals surface area contributed by atoms with Crippen molar-refractivity contribution < 1.29 is 49.0 Å². The highest BCUT2D eigenvalue weighted by Gasteiger charge is 2.43. The molecule has 1 fully saturated rings. The summed E-state index contributed by atoms with van der Waals surface area (Å²) in [5.41, 5.74) is 5.78. The number of nitrogens with one attached hydrogen (secondary N) is 1. The van der Waals surface area contributed by atoms with Crippen LogP contribution in [0, 0.1) is 0 Å². The van der Waals surface area contributed by atoms with Gasteiger partial charge in [0.2, 0.25) is 5.78 Å². The summed E-state index contributed by atoms with van der Waals surface area (Å²) in [7, 11) is 1.34. The molecule has 6 unspecified atom stereocenters. The van der Waals surface area contributed by atoms with Crippen molar-refractivity contribution in [3.8, 4) is 17.2 Å². The van der Waals surface area contributed by atoms with Crippen LogP contribution in [0.2, 0.25) is 0 Å². The van der Waals surface area contributed by atoms with Crippen molar-refractivity contribution in [3.05, 3.63) is 87.5 Å². The fourth-order valence-corrected chi connectivity index (χ4v) is 6.09. The van der Waals surface area contributed by atoms with E-state index < -0.39 is 82.8 Å². The highest BCUT2D eigenvalue weighted by atomic mass is 16.7. The molecule has 13 heteroatoms. The summed E-state index contributed by atoms with van der Waals surface area (Å²) in [6.45, 7) is 6.00. The third-order valence-corrected chi connectivity index (χ3v) is 8.94. The number of fused-ring (bicyclic) bond motifs is 2. The zero-order valence-corrected chi connectivity index (χ0v) is 27.2. The van der Waals surface area contributed by atoms with Gasteiger partial charge in [0.25, 0.3) is 5.91 Å². The maximum absolute atomic E-state index is 13.9. The van der Waals surface area contributed by atoms with Crippen LogP contribution in [0.4, 0.5) is 0 Å². The number of aliphatic hydroxyl groups excluding tert-OH is 1. The normalized spacial score (nSPS) is 22.7. The molecule has 0 bridgehead atoms. The number of carbonyl (C=O) groups excluding carboxylic acids is 3. The van der Waals surface area contributed by atoms with Gasteiger partial charge in [-0.1, -0.05) is 30.3 Å². The number of methoxy groups -OCH3 is 1. The monoisotopic (exact) mass is 661 g/mol. The fourth-order valence-electron chi connectivity index (χ4n) is 6.09. The number of nitrogens with zero attached hydrogens (tertiary/aromatic N) is 1. The summed E-state index contributed by atoms with van der Waals surface area (Å²) >= 11 is 0. The van der Waals surface area contributed by atoms with Crippen molar-refractivity contribution >= 4 is 23.2 Å². The molecule has 0 radical (unpaired) electrons. The third-order valence-electron chi connectivity index (χ3n) is 8.94. The van der Waals surface area contributed by atoms with E-state index in [1.54, 1.807) is 37.3 Å². The zero-order valence-electron chi connectivity index (χ0n) is 27.2. The quantitative estimate of drug-likeness (QED) is 0.0872. The van der Waals surface area contributed by atoms with Crippen LogP contribution in [-0.2, 0) is 15.9 Å². The summed E-state index contributed by atoms with van der Waals surface area (Å²) in [4.78, 5) is 40.4. The zero-order chi connectivity index (χ0) is 35.1. The summed E-state index contributed by atoms with van der Waals surface area (Å²) < 4.78 is 17.3. The lowest BCUT2D eigenvalue weighted by molar-refractivity contribution is -0.238. The maximum Gasteiger partial charge on any atom is 0.271 e. The Hall–Kier alpha value is -4.66. The molecule has 7 N–H and O–H groups in total. The molecule has 3 aromatic rings. The molecule has 3 aromatic carbocycles. The number of ether oxygens (including phenoxy) is 3. The average molecular weight is 662 g/mol. The summed E-state index contributed by atoms with van der Waals surface area (Å²) in [5.74, 6) is -3.20. The van der Waals surface area contributed by atoms with Crippen molar-refractivity contribution in [1.29, 1.82) is 0 Å². The second-order valence-corrected chi connectivity index (χ2v) is 12.3. The molecule has 2 aliphatic rings. The van der Waals surface area contributed by atoms with Gasteiger partial charge < -0.3 is 40.4 Å². The van der Waals surface area contributed by atoms with Gasteiger partial charge in [0, 0.05) is 41.1 Å². The van der Waals surface area contributed by atoms with E-state index >= 15 is 0 Å². The minimum atomic E-state index is -1.87. The van der Waals surface area contributed by atoms with Crippen LogP contribution in [0.5, 0.6) is 17.2 Å². The summed E-state index contributed by atoms with van der Waals surface area (Å²) in [6, 6.07) is 12.1. The van der Waals surface area contributed by atoms with Gasteiger partial charge in [-0.05, 0) is 45.9 Å². The first-order valence-corrected chi connectivity index (χ1v) is 15.4. The molecule has 0 aromatic heterocycles. The number of hydrogen-bond acceptors (Lipinski definition) is 12. The van der Waals surface area contributed by atoms with Crippen LogP contribution in [0.1, 0.15) is 93.5 Å². The van der Waals surface area contributed by atoms with Crippen LogP contribution in [0.15, 0.2) is 53.6 Å². The first-order valence-electron chi connectivity index (χ1n) is 15.4. The van der Waals surface area contributed by atoms with E-state index in [0.29, 0.717) is 5.56 Å². The molecule has 0 saturated carbocycles. The minimum Gasteiger partial charge on any atom is -0.507 e. The van der Waals surface area contributed by atoms with Crippen LogP contribution < -0.4 is 15.9 Å². The van der Waals surface area contributed by atoms with E-state index in [1.165, 1.54) is 46.1 Å². The number of benzene rings is 3. The van der Waals surface area contributed by atoms with Gasteiger partial charge in [-0.3, -0.25) is 14.4 Å². The van der Waals surface area contributed by atoms with Gasteiger partial charge in [-0.2, -0.15) is 5.10 Å². The molecule has 254 valence electrons. The molecule has 1 aliphatic carbocycles. The van der Waals surface area contributed by atoms with E-state index in [2.05, 4.69) is 10.5 Å². The Labute approximate surface area is 276 Å². The lowest BCUT2D eigenvalue weighted by Crippen LogP contribution is -2.51. The Balaban J connectivity index is 1.60. The van der Waals surface area contributed by atoms with Gasteiger partial charge in [-0.15, -0.1) is 0 Å². The molecular weight excluding hydrogens is 622 g/mol. The predicted octanol–water partition coefficient (Wildman–Crippen LogP) is 2.88. The number of carbonyl (C=O) groups is 3. The number of aliphatic hydroxyl groups is 2. The van der Waals surface area contributed by atoms with E-state index in [1.807, 2.05) is 0 Å². The molecular formula is C35H39N3O10. The molecule has 5 rings (SSSR count). The Morgan fingerprint density at radius 2 is 1.75 bits per heavy atom. The number of amides is 1. The summed E-state index contributed by atoms with van der Waals surface area (Å²) in [6.07, 6.45) is -4.01.